The minimum absolute atomic E-state index is 0.162. The molecule has 0 spiro atoms. The quantitative estimate of drug-likeness (QED) is 0.722. The minimum Gasteiger partial charge on any atom is -0.474 e. The highest BCUT2D eigenvalue weighted by molar-refractivity contribution is 5.40. The molecule has 0 amide bonds. The van der Waals surface area contributed by atoms with Crippen LogP contribution in [0, 0.1) is 0 Å². The zero-order chi connectivity index (χ0) is 10.3. The first-order valence-electron chi connectivity index (χ1n) is 5.13. The molecule has 3 nitrogen and oxygen atoms in total. The van der Waals surface area contributed by atoms with Crippen LogP contribution in [0.5, 0.6) is 5.88 Å². The fraction of sp³-hybridized carbons (Fsp3) is 0.636. The van der Waals surface area contributed by atoms with Gasteiger partial charge in [-0.1, -0.05) is 13.8 Å². The molecule has 2 rings (SSSR count). The molecule has 3 heteroatoms. The van der Waals surface area contributed by atoms with Crippen LogP contribution in [0.3, 0.4) is 0 Å². The van der Waals surface area contributed by atoms with Gasteiger partial charge in [-0.25, -0.2) is 0 Å². The maximum absolute atomic E-state index is 5.49. The van der Waals surface area contributed by atoms with Gasteiger partial charge in [0.05, 0.1) is 11.8 Å². The predicted molar refractivity (Wildman–Crippen MR) is 54.6 cm³/mol. The lowest BCUT2D eigenvalue weighted by Gasteiger charge is -2.32. The highest BCUT2D eigenvalue weighted by Gasteiger charge is 2.33. The number of aromatic nitrogens is 2. The molecule has 1 aliphatic carbocycles. The molecule has 2 atom stereocenters. The standard InChI is InChI=1S/C11H16N2O/c1-6(2)14-10-5-9-7(3)8(4)11(9)13-12-10/h5-8H,1-4H3. The zero-order valence-corrected chi connectivity index (χ0v) is 9.11. The van der Waals surface area contributed by atoms with Crippen LogP contribution >= 0.6 is 0 Å². The van der Waals surface area contributed by atoms with Crippen LogP contribution in [-0.4, -0.2) is 16.3 Å². The third-order valence-corrected chi connectivity index (χ3v) is 2.86. The van der Waals surface area contributed by atoms with Crippen molar-refractivity contribution in [1.82, 2.24) is 10.2 Å². The third-order valence-electron chi connectivity index (χ3n) is 2.86. The highest BCUT2D eigenvalue weighted by Crippen LogP contribution is 2.44. The van der Waals surface area contributed by atoms with Gasteiger partial charge in [0.25, 0.3) is 0 Å². The Bertz CT molecular complexity index is 349. The Kier molecular flexibility index (Phi) is 2.17. The predicted octanol–water partition coefficient (Wildman–Crippen LogP) is 2.48. The van der Waals surface area contributed by atoms with E-state index in [0.29, 0.717) is 17.7 Å². The number of nitrogens with zero attached hydrogens (tertiary/aromatic N) is 2. The van der Waals surface area contributed by atoms with E-state index in [2.05, 4.69) is 24.0 Å². The van der Waals surface area contributed by atoms with Crippen molar-refractivity contribution >= 4 is 0 Å². The van der Waals surface area contributed by atoms with Gasteiger partial charge in [-0.05, 0) is 25.3 Å². The normalized spacial score (nSPS) is 24.4. The topological polar surface area (TPSA) is 35.0 Å². The number of rotatable bonds is 2. The van der Waals surface area contributed by atoms with Crippen molar-refractivity contribution < 1.29 is 4.74 Å². The first-order valence-corrected chi connectivity index (χ1v) is 5.13. The molecule has 0 saturated heterocycles. The molecule has 1 aromatic heterocycles. The van der Waals surface area contributed by atoms with Crippen molar-refractivity contribution in [2.75, 3.05) is 0 Å². The van der Waals surface area contributed by atoms with E-state index in [-0.39, 0.29) is 6.10 Å². The molecule has 0 N–H and O–H groups in total. The third kappa shape index (κ3) is 1.37. The zero-order valence-electron chi connectivity index (χ0n) is 9.11. The fourth-order valence-corrected chi connectivity index (χ4v) is 1.82. The Morgan fingerprint density at radius 1 is 1.21 bits per heavy atom. The van der Waals surface area contributed by atoms with E-state index in [4.69, 9.17) is 4.74 Å². The average Bonchev–Trinajstić information content (AvgIpc) is 2.16. The van der Waals surface area contributed by atoms with Gasteiger partial charge in [-0.3, -0.25) is 0 Å². The van der Waals surface area contributed by atoms with Crippen molar-refractivity contribution in [3.05, 3.63) is 17.3 Å². The molecule has 0 aromatic carbocycles. The van der Waals surface area contributed by atoms with Crippen LogP contribution in [0.25, 0.3) is 0 Å². The van der Waals surface area contributed by atoms with Gasteiger partial charge in [-0.2, -0.15) is 5.10 Å². The SMILES string of the molecule is CC(C)Oc1cc2c(nn1)C(C)C2C. The number of fused-ring (bicyclic) bond motifs is 1. The molecule has 2 unspecified atom stereocenters. The summed E-state index contributed by atoms with van der Waals surface area (Å²) in [4.78, 5) is 0. The van der Waals surface area contributed by atoms with Gasteiger partial charge in [-0.15, -0.1) is 5.10 Å². The summed E-state index contributed by atoms with van der Waals surface area (Å²) in [7, 11) is 0. The second-order valence-corrected chi connectivity index (χ2v) is 4.27. The lowest BCUT2D eigenvalue weighted by Crippen LogP contribution is -2.22. The summed E-state index contributed by atoms with van der Waals surface area (Å²) in [5.74, 6) is 1.79. The van der Waals surface area contributed by atoms with Crippen LogP contribution in [0.2, 0.25) is 0 Å². The lowest BCUT2D eigenvalue weighted by molar-refractivity contribution is 0.228. The molecule has 0 radical (unpaired) electrons. The van der Waals surface area contributed by atoms with Crippen LogP contribution in [0.4, 0.5) is 0 Å². The molecule has 1 aromatic rings. The number of ether oxygens (including phenoxy) is 1. The fourth-order valence-electron chi connectivity index (χ4n) is 1.82. The van der Waals surface area contributed by atoms with Crippen molar-refractivity contribution in [1.29, 1.82) is 0 Å². The lowest BCUT2D eigenvalue weighted by atomic mass is 9.74. The summed E-state index contributed by atoms with van der Waals surface area (Å²) in [5, 5.41) is 8.22. The summed E-state index contributed by atoms with van der Waals surface area (Å²) >= 11 is 0. The summed E-state index contributed by atoms with van der Waals surface area (Å²) in [6.45, 7) is 8.39. The van der Waals surface area contributed by atoms with Crippen LogP contribution in [0.15, 0.2) is 6.07 Å². The van der Waals surface area contributed by atoms with Gasteiger partial charge in [0.2, 0.25) is 5.88 Å². The van der Waals surface area contributed by atoms with E-state index >= 15 is 0 Å². The number of hydrogen-bond acceptors (Lipinski definition) is 3. The van der Waals surface area contributed by atoms with Crippen molar-refractivity contribution in [3.63, 3.8) is 0 Å². The Morgan fingerprint density at radius 2 is 1.93 bits per heavy atom. The Hall–Kier alpha value is -1.12. The van der Waals surface area contributed by atoms with Gasteiger partial charge in [0.1, 0.15) is 0 Å². The number of hydrogen-bond donors (Lipinski definition) is 0. The van der Waals surface area contributed by atoms with Crippen molar-refractivity contribution in [2.24, 2.45) is 0 Å². The van der Waals surface area contributed by atoms with E-state index in [0.717, 1.165) is 5.69 Å². The molecule has 0 bridgehead atoms. The van der Waals surface area contributed by atoms with Gasteiger partial charge in [0, 0.05) is 12.0 Å². The van der Waals surface area contributed by atoms with Gasteiger partial charge >= 0.3 is 0 Å². The second-order valence-electron chi connectivity index (χ2n) is 4.27. The monoisotopic (exact) mass is 192 g/mol. The van der Waals surface area contributed by atoms with Crippen LogP contribution in [0.1, 0.15) is 50.8 Å². The molecule has 14 heavy (non-hydrogen) atoms. The van der Waals surface area contributed by atoms with Crippen LogP contribution in [-0.2, 0) is 0 Å². The van der Waals surface area contributed by atoms with Gasteiger partial charge < -0.3 is 4.74 Å². The highest BCUT2D eigenvalue weighted by atomic mass is 16.5. The molecule has 1 heterocycles. The maximum Gasteiger partial charge on any atom is 0.233 e. The smallest absolute Gasteiger partial charge is 0.233 e. The summed E-state index contributed by atoms with van der Waals surface area (Å²) in [6.07, 6.45) is 0.162. The van der Waals surface area contributed by atoms with E-state index in [1.54, 1.807) is 0 Å². The van der Waals surface area contributed by atoms with Crippen molar-refractivity contribution in [3.8, 4) is 5.88 Å². The van der Waals surface area contributed by atoms with Crippen LogP contribution < -0.4 is 4.74 Å². The second kappa shape index (κ2) is 3.23. The van der Waals surface area contributed by atoms with E-state index in [9.17, 15) is 0 Å². The Balaban J connectivity index is 2.24. The molecule has 0 aliphatic heterocycles. The Labute approximate surface area is 84.5 Å². The largest absolute Gasteiger partial charge is 0.474 e. The summed E-state index contributed by atoms with van der Waals surface area (Å²) < 4.78 is 5.49. The Morgan fingerprint density at radius 3 is 2.57 bits per heavy atom. The molecule has 76 valence electrons. The minimum atomic E-state index is 0.162. The first-order chi connectivity index (χ1) is 6.59. The first kappa shape index (κ1) is 9.44. The van der Waals surface area contributed by atoms with Crippen molar-refractivity contribution in [2.45, 2.75) is 45.6 Å². The van der Waals surface area contributed by atoms with E-state index < -0.39 is 0 Å². The molecular formula is C11H16N2O. The average molecular weight is 192 g/mol. The molecule has 0 fully saturated rings. The van der Waals surface area contributed by atoms with E-state index in [1.165, 1.54) is 5.56 Å². The molecule has 1 aliphatic rings. The molecular weight excluding hydrogens is 176 g/mol. The maximum atomic E-state index is 5.49. The summed E-state index contributed by atoms with van der Waals surface area (Å²) in [5.41, 5.74) is 2.43. The molecule has 0 saturated carbocycles. The van der Waals surface area contributed by atoms with Gasteiger partial charge in [0.15, 0.2) is 0 Å². The van der Waals surface area contributed by atoms with E-state index in [1.807, 2.05) is 19.9 Å². The summed E-state index contributed by atoms with van der Waals surface area (Å²) in [6, 6.07) is 2.02.